The van der Waals surface area contributed by atoms with Crippen LogP contribution in [0.4, 0.5) is 5.82 Å². The van der Waals surface area contributed by atoms with E-state index in [2.05, 4.69) is 29.2 Å². The highest BCUT2D eigenvalue weighted by Gasteiger charge is 2.34. The van der Waals surface area contributed by atoms with Crippen LogP contribution in [0.15, 0.2) is 79.0 Å². The number of nitrogen functional groups attached to an aromatic ring is 1. The van der Waals surface area contributed by atoms with Crippen LogP contribution in [0.5, 0.6) is 5.75 Å². The van der Waals surface area contributed by atoms with Gasteiger partial charge in [-0.1, -0.05) is 24.3 Å². The van der Waals surface area contributed by atoms with Gasteiger partial charge in [-0.25, -0.2) is 15.0 Å². The summed E-state index contributed by atoms with van der Waals surface area (Å²) < 4.78 is 7.45. The van der Waals surface area contributed by atoms with Gasteiger partial charge in [0, 0.05) is 23.0 Å². The highest BCUT2D eigenvalue weighted by molar-refractivity contribution is 5.84. The minimum absolute atomic E-state index is 0.218. The highest BCUT2D eigenvalue weighted by atomic mass is 16.5. The molecule has 2 aromatic carbocycles. The Labute approximate surface area is 203 Å². The number of rotatable bonds is 5. The molecule has 0 bridgehead atoms. The molecule has 0 amide bonds. The van der Waals surface area contributed by atoms with E-state index in [-0.39, 0.29) is 5.54 Å². The van der Waals surface area contributed by atoms with Crippen molar-refractivity contribution >= 4 is 17.0 Å². The number of nitrogens with zero attached hydrogens (tertiary/aromatic N) is 4. The molecule has 0 spiro atoms. The Morgan fingerprint density at radius 2 is 1.77 bits per heavy atom. The summed E-state index contributed by atoms with van der Waals surface area (Å²) in [6, 6.07) is 24.0. The van der Waals surface area contributed by atoms with Crippen LogP contribution in [0.25, 0.3) is 39.5 Å². The van der Waals surface area contributed by atoms with Gasteiger partial charge in [0.15, 0.2) is 11.5 Å². The van der Waals surface area contributed by atoms with E-state index in [1.807, 2.05) is 53.1 Å². The van der Waals surface area contributed by atoms with Gasteiger partial charge in [0.2, 0.25) is 0 Å². The molecule has 3 aromatic heterocycles. The van der Waals surface area contributed by atoms with E-state index in [4.69, 9.17) is 26.2 Å². The van der Waals surface area contributed by atoms with E-state index in [0.717, 1.165) is 57.8 Å². The van der Waals surface area contributed by atoms with E-state index in [1.165, 1.54) is 6.42 Å². The Bertz CT molecular complexity index is 1540. The number of ether oxygens (including phenoxy) is 1. The second kappa shape index (κ2) is 8.21. The maximum atomic E-state index is 6.57. The van der Waals surface area contributed by atoms with E-state index >= 15 is 0 Å². The van der Waals surface area contributed by atoms with Gasteiger partial charge in [-0.3, -0.25) is 4.57 Å². The molecule has 174 valence electrons. The van der Waals surface area contributed by atoms with Crippen LogP contribution in [0.2, 0.25) is 0 Å². The van der Waals surface area contributed by atoms with Gasteiger partial charge in [0.05, 0.1) is 18.4 Å². The number of methoxy groups -OCH3 is 1. The molecule has 6 rings (SSSR count). The fourth-order valence-electron chi connectivity index (χ4n) is 4.72. The van der Waals surface area contributed by atoms with Crippen molar-refractivity contribution in [2.75, 3.05) is 12.8 Å². The van der Waals surface area contributed by atoms with Crippen molar-refractivity contribution in [3.8, 4) is 34.1 Å². The first-order valence-corrected chi connectivity index (χ1v) is 11.7. The van der Waals surface area contributed by atoms with Crippen LogP contribution < -0.4 is 16.2 Å². The summed E-state index contributed by atoms with van der Waals surface area (Å²) in [4.78, 5) is 14.2. The van der Waals surface area contributed by atoms with Gasteiger partial charge in [0.25, 0.3) is 0 Å². The average Bonchev–Trinajstić information content (AvgIpc) is 3.26. The second-order valence-electron chi connectivity index (χ2n) is 9.03. The molecule has 1 aliphatic carbocycles. The fraction of sp³-hybridized carbons (Fsp3) is 0.179. The van der Waals surface area contributed by atoms with Gasteiger partial charge >= 0.3 is 0 Å². The lowest BCUT2D eigenvalue weighted by molar-refractivity contribution is 0.253. The predicted octanol–water partition coefficient (Wildman–Crippen LogP) is 5.08. The van der Waals surface area contributed by atoms with Crippen molar-refractivity contribution in [1.82, 2.24) is 19.5 Å². The Hall–Kier alpha value is -4.23. The van der Waals surface area contributed by atoms with Crippen LogP contribution in [-0.4, -0.2) is 26.6 Å². The molecule has 0 unspecified atom stereocenters. The molecule has 7 heteroatoms. The minimum Gasteiger partial charge on any atom is -0.497 e. The van der Waals surface area contributed by atoms with Crippen molar-refractivity contribution in [3.05, 3.63) is 84.6 Å². The largest absolute Gasteiger partial charge is 0.497 e. The van der Waals surface area contributed by atoms with Crippen LogP contribution >= 0.6 is 0 Å². The summed E-state index contributed by atoms with van der Waals surface area (Å²) >= 11 is 0. The monoisotopic (exact) mass is 462 g/mol. The van der Waals surface area contributed by atoms with Crippen LogP contribution in [0, 0.1) is 0 Å². The number of aromatic nitrogens is 4. The molecule has 5 aromatic rings. The third kappa shape index (κ3) is 3.61. The maximum absolute atomic E-state index is 6.57. The summed E-state index contributed by atoms with van der Waals surface area (Å²) in [5.74, 6) is 1.90. The molecule has 3 heterocycles. The third-order valence-electron chi connectivity index (χ3n) is 6.90. The summed E-state index contributed by atoms with van der Waals surface area (Å²) in [6.45, 7) is 0. The standard InChI is InChI=1S/C28H26N6O/c1-35-21-6-2-5-18(17-21)23-12-13-24-27(32-23)34(26(33-24)22-7-3-16-31-25(22)29)20-10-8-19(9-11-20)28(30)14-4-15-28/h2-3,5-13,16-17H,4,14-15,30H2,1H3,(H2,29,31). The first-order chi connectivity index (χ1) is 17.1. The van der Waals surface area contributed by atoms with Gasteiger partial charge in [-0.2, -0.15) is 0 Å². The normalized spacial score (nSPS) is 14.6. The van der Waals surface area contributed by atoms with Crippen molar-refractivity contribution in [1.29, 1.82) is 0 Å². The van der Waals surface area contributed by atoms with Crippen LogP contribution in [-0.2, 0) is 5.54 Å². The van der Waals surface area contributed by atoms with E-state index < -0.39 is 0 Å². The average molecular weight is 463 g/mol. The number of nitrogens with two attached hydrogens (primary N) is 2. The topological polar surface area (TPSA) is 105 Å². The molecular weight excluding hydrogens is 436 g/mol. The highest BCUT2D eigenvalue weighted by Crippen LogP contribution is 2.39. The lowest BCUT2D eigenvalue weighted by atomic mass is 9.73. The van der Waals surface area contributed by atoms with E-state index in [9.17, 15) is 0 Å². The number of hydrogen-bond acceptors (Lipinski definition) is 6. The van der Waals surface area contributed by atoms with Crippen LogP contribution in [0.1, 0.15) is 24.8 Å². The molecule has 1 aliphatic rings. The number of fused-ring (bicyclic) bond motifs is 1. The molecule has 35 heavy (non-hydrogen) atoms. The van der Waals surface area contributed by atoms with Crippen molar-refractivity contribution < 1.29 is 4.74 Å². The zero-order valence-electron chi connectivity index (χ0n) is 19.5. The first-order valence-electron chi connectivity index (χ1n) is 11.7. The SMILES string of the molecule is COc1cccc(-c2ccc3nc(-c4cccnc4N)n(-c4ccc(C5(N)CCC5)cc4)c3n2)c1. The molecule has 0 radical (unpaired) electrons. The summed E-state index contributed by atoms with van der Waals surface area (Å²) in [6.07, 6.45) is 4.89. The predicted molar refractivity (Wildman–Crippen MR) is 138 cm³/mol. The van der Waals surface area contributed by atoms with Crippen LogP contribution in [0.3, 0.4) is 0 Å². The molecule has 0 atom stereocenters. The molecule has 1 saturated carbocycles. The van der Waals surface area contributed by atoms with Gasteiger partial charge in [0.1, 0.15) is 17.1 Å². The Morgan fingerprint density at radius 3 is 2.49 bits per heavy atom. The summed E-state index contributed by atoms with van der Waals surface area (Å²) in [7, 11) is 1.66. The summed E-state index contributed by atoms with van der Waals surface area (Å²) in [5.41, 5.74) is 18.8. The second-order valence-corrected chi connectivity index (χ2v) is 9.03. The Morgan fingerprint density at radius 1 is 0.943 bits per heavy atom. The molecule has 0 saturated heterocycles. The van der Waals surface area contributed by atoms with Gasteiger partial charge < -0.3 is 16.2 Å². The first kappa shape index (κ1) is 21.3. The van der Waals surface area contributed by atoms with E-state index in [1.54, 1.807) is 13.3 Å². The molecule has 4 N–H and O–H groups in total. The quantitative estimate of drug-likeness (QED) is 0.377. The zero-order valence-corrected chi connectivity index (χ0v) is 19.5. The number of benzene rings is 2. The smallest absolute Gasteiger partial charge is 0.165 e. The summed E-state index contributed by atoms with van der Waals surface area (Å²) in [5, 5.41) is 0. The van der Waals surface area contributed by atoms with E-state index in [0.29, 0.717) is 11.6 Å². The Kier molecular flexibility index (Phi) is 5.00. The minimum atomic E-state index is -0.218. The molecular formula is C28H26N6O. The number of pyridine rings is 2. The lowest BCUT2D eigenvalue weighted by Crippen LogP contribution is -2.43. The number of anilines is 1. The maximum Gasteiger partial charge on any atom is 0.165 e. The zero-order chi connectivity index (χ0) is 24.0. The van der Waals surface area contributed by atoms with Crippen molar-refractivity contribution in [3.63, 3.8) is 0 Å². The molecule has 1 fully saturated rings. The molecule has 7 nitrogen and oxygen atoms in total. The van der Waals surface area contributed by atoms with Crippen molar-refractivity contribution in [2.24, 2.45) is 5.73 Å². The molecule has 0 aliphatic heterocycles. The fourth-order valence-corrected chi connectivity index (χ4v) is 4.72. The Balaban J connectivity index is 1.55. The van der Waals surface area contributed by atoms with Gasteiger partial charge in [-0.05, 0) is 73.4 Å². The van der Waals surface area contributed by atoms with Crippen molar-refractivity contribution in [2.45, 2.75) is 24.8 Å². The third-order valence-corrected chi connectivity index (χ3v) is 6.90. The van der Waals surface area contributed by atoms with Gasteiger partial charge in [-0.15, -0.1) is 0 Å². The number of hydrogen-bond donors (Lipinski definition) is 2. The number of imidazole rings is 1. The lowest BCUT2D eigenvalue weighted by Gasteiger charge is -2.38.